The molecule has 0 saturated carbocycles. The zero-order valence-electron chi connectivity index (χ0n) is 21.9. The second kappa shape index (κ2) is 10.8. The summed E-state index contributed by atoms with van der Waals surface area (Å²) in [5.74, 6) is 1.36. The number of phenols is 2. The van der Waals surface area contributed by atoms with Crippen molar-refractivity contribution in [3.63, 3.8) is 0 Å². The Morgan fingerprint density at radius 1 is 1.03 bits per heavy atom. The van der Waals surface area contributed by atoms with Gasteiger partial charge < -0.3 is 19.7 Å². The predicted molar refractivity (Wildman–Crippen MR) is 144 cm³/mol. The van der Waals surface area contributed by atoms with Crippen molar-refractivity contribution in [3.8, 4) is 23.0 Å². The fourth-order valence-electron chi connectivity index (χ4n) is 5.40. The van der Waals surface area contributed by atoms with Crippen LogP contribution in [0.4, 0.5) is 13.2 Å². The van der Waals surface area contributed by atoms with Crippen LogP contribution in [0, 0.1) is 5.92 Å². The third kappa shape index (κ3) is 6.17. The van der Waals surface area contributed by atoms with Crippen molar-refractivity contribution in [2.24, 2.45) is 5.92 Å². The van der Waals surface area contributed by atoms with E-state index in [2.05, 4.69) is 18.7 Å². The summed E-state index contributed by atoms with van der Waals surface area (Å²) in [5, 5.41) is 20.2. The Labute approximate surface area is 226 Å². The number of hydrogen-bond donors (Lipinski definition) is 2. The lowest BCUT2D eigenvalue weighted by molar-refractivity contribution is -0.123. The number of fused-ring (bicyclic) bond motifs is 1. The molecule has 2 aliphatic rings. The fourth-order valence-corrected chi connectivity index (χ4v) is 5.40. The van der Waals surface area contributed by atoms with Crippen molar-refractivity contribution in [2.45, 2.75) is 45.0 Å². The Morgan fingerprint density at radius 2 is 1.77 bits per heavy atom. The van der Waals surface area contributed by atoms with Crippen molar-refractivity contribution in [2.75, 3.05) is 19.7 Å². The highest BCUT2D eigenvalue weighted by Gasteiger charge is 2.38. The topological polar surface area (TPSA) is 62.2 Å². The van der Waals surface area contributed by atoms with Crippen LogP contribution in [0.25, 0.3) is 11.1 Å². The normalized spacial score (nSPS) is 20.4. The first kappa shape index (κ1) is 26.9. The molecule has 0 spiro atoms. The summed E-state index contributed by atoms with van der Waals surface area (Å²) in [6, 6.07) is 17.7. The molecule has 0 bridgehead atoms. The minimum Gasteiger partial charge on any atom is -0.508 e. The number of likely N-dealkylation sites (tertiary alicyclic amines) is 1. The lowest BCUT2D eigenvalue weighted by atomic mass is 9.84. The highest BCUT2D eigenvalue weighted by Crippen LogP contribution is 2.51. The van der Waals surface area contributed by atoms with Gasteiger partial charge in [0, 0.05) is 23.7 Å². The van der Waals surface area contributed by atoms with Crippen LogP contribution in [-0.4, -0.2) is 47.0 Å². The Hall–Kier alpha value is -3.65. The maximum Gasteiger partial charge on any atom is 0.393 e. The van der Waals surface area contributed by atoms with Gasteiger partial charge in [-0.05, 0) is 85.0 Å². The van der Waals surface area contributed by atoms with Crippen molar-refractivity contribution in [1.29, 1.82) is 0 Å². The van der Waals surface area contributed by atoms with Crippen LogP contribution < -0.4 is 9.47 Å². The molecule has 1 fully saturated rings. The van der Waals surface area contributed by atoms with E-state index in [0.717, 1.165) is 13.1 Å². The summed E-state index contributed by atoms with van der Waals surface area (Å²) in [7, 11) is 0. The third-order valence-electron chi connectivity index (χ3n) is 7.41. The van der Waals surface area contributed by atoms with Gasteiger partial charge in [0.25, 0.3) is 0 Å². The summed E-state index contributed by atoms with van der Waals surface area (Å²) in [6.07, 6.45) is -5.42. The number of rotatable bonds is 7. The number of halogens is 3. The van der Waals surface area contributed by atoms with Gasteiger partial charge in [0.15, 0.2) is 0 Å². The Kier molecular flexibility index (Phi) is 7.49. The molecule has 1 saturated heterocycles. The van der Waals surface area contributed by atoms with E-state index in [9.17, 15) is 23.4 Å². The van der Waals surface area contributed by atoms with Gasteiger partial charge in [-0.25, -0.2) is 0 Å². The predicted octanol–water partition coefficient (Wildman–Crippen LogP) is 7.20. The summed E-state index contributed by atoms with van der Waals surface area (Å²) < 4.78 is 53.9. The SMILES string of the molecule is C[C@@H]1CCN([C@@H](C)COc2ccc(C3Oc4ccc(O)cc4C(CC(F)(F)F)=C3c3cccc(O)c3)cc2)C1. The average Bonchev–Trinajstić information content (AvgIpc) is 3.33. The van der Waals surface area contributed by atoms with Crippen LogP contribution in [0.15, 0.2) is 66.7 Å². The standard InChI is InChI=1S/C31H32F3NO4/c1-19-12-13-35(17-19)20(2)18-38-25-9-6-21(7-10-25)30-29(22-4-3-5-23(36)14-22)27(16-31(32,33)34)26-15-24(37)8-11-28(26)39-30/h3-11,14-15,19-20,30,36-37H,12-13,16-18H2,1-2H3/t19-,20+,30?/m1/s1. The minimum absolute atomic E-state index is 0.00996. The highest BCUT2D eigenvalue weighted by atomic mass is 19.4. The molecule has 8 heteroatoms. The van der Waals surface area contributed by atoms with Crippen LogP contribution in [0.5, 0.6) is 23.0 Å². The van der Waals surface area contributed by atoms with E-state index >= 15 is 0 Å². The van der Waals surface area contributed by atoms with Gasteiger partial charge in [0.05, 0.1) is 6.42 Å². The lowest BCUT2D eigenvalue weighted by Crippen LogP contribution is -2.35. The summed E-state index contributed by atoms with van der Waals surface area (Å²) in [5.41, 5.74) is 1.49. The number of benzene rings is 3. The van der Waals surface area contributed by atoms with Gasteiger partial charge in [-0.15, -0.1) is 0 Å². The molecule has 3 atom stereocenters. The molecule has 1 unspecified atom stereocenters. The number of aromatic hydroxyl groups is 2. The largest absolute Gasteiger partial charge is 0.508 e. The van der Waals surface area contributed by atoms with E-state index in [-0.39, 0.29) is 40.0 Å². The molecule has 3 aromatic carbocycles. The Bertz CT molecular complexity index is 1350. The number of alkyl halides is 3. The zero-order chi connectivity index (χ0) is 27.7. The first-order chi connectivity index (χ1) is 18.6. The molecule has 2 N–H and O–H groups in total. The fraction of sp³-hybridized carbons (Fsp3) is 0.355. The number of allylic oxidation sites excluding steroid dienone is 1. The molecule has 5 nitrogen and oxygen atoms in total. The molecule has 5 rings (SSSR count). The molecule has 2 aliphatic heterocycles. The van der Waals surface area contributed by atoms with E-state index < -0.39 is 18.7 Å². The number of ether oxygens (including phenoxy) is 2. The van der Waals surface area contributed by atoms with E-state index in [0.29, 0.717) is 29.4 Å². The number of nitrogens with zero attached hydrogens (tertiary/aromatic N) is 1. The molecular formula is C31H32F3NO4. The maximum atomic E-state index is 13.9. The molecule has 2 heterocycles. The summed E-state index contributed by atoms with van der Waals surface area (Å²) in [4.78, 5) is 2.42. The van der Waals surface area contributed by atoms with Crippen LogP contribution in [0.1, 0.15) is 49.5 Å². The van der Waals surface area contributed by atoms with Gasteiger partial charge in [-0.3, -0.25) is 4.90 Å². The first-order valence-electron chi connectivity index (χ1n) is 13.1. The molecule has 3 aromatic rings. The maximum absolute atomic E-state index is 13.9. The molecule has 206 valence electrons. The van der Waals surface area contributed by atoms with Gasteiger partial charge >= 0.3 is 6.18 Å². The zero-order valence-corrected chi connectivity index (χ0v) is 21.9. The van der Waals surface area contributed by atoms with Crippen molar-refractivity contribution >= 4 is 11.1 Å². The van der Waals surface area contributed by atoms with Gasteiger partial charge in [0.1, 0.15) is 35.7 Å². The van der Waals surface area contributed by atoms with Crippen LogP contribution in [0.2, 0.25) is 0 Å². The summed E-state index contributed by atoms with van der Waals surface area (Å²) >= 11 is 0. The molecule has 0 aromatic heterocycles. The van der Waals surface area contributed by atoms with E-state index in [4.69, 9.17) is 9.47 Å². The first-order valence-corrected chi connectivity index (χ1v) is 13.1. The molecule has 0 amide bonds. The van der Waals surface area contributed by atoms with Gasteiger partial charge in [0.2, 0.25) is 0 Å². The van der Waals surface area contributed by atoms with Crippen molar-refractivity contribution in [3.05, 3.63) is 83.4 Å². The molecule has 0 radical (unpaired) electrons. The smallest absolute Gasteiger partial charge is 0.393 e. The Morgan fingerprint density at radius 3 is 2.44 bits per heavy atom. The van der Waals surface area contributed by atoms with Crippen LogP contribution >= 0.6 is 0 Å². The quantitative estimate of drug-likeness (QED) is 0.332. The minimum atomic E-state index is -4.51. The van der Waals surface area contributed by atoms with Crippen LogP contribution in [0.3, 0.4) is 0 Å². The van der Waals surface area contributed by atoms with E-state index in [1.807, 2.05) is 0 Å². The van der Waals surface area contributed by atoms with Crippen LogP contribution in [-0.2, 0) is 0 Å². The highest BCUT2D eigenvalue weighted by molar-refractivity contribution is 5.97. The Balaban J connectivity index is 1.49. The monoisotopic (exact) mass is 539 g/mol. The molecular weight excluding hydrogens is 507 g/mol. The van der Waals surface area contributed by atoms with Crippen molar-refractivity contribution in [1.82, 2.24) is 4.90 Å². The van der Waals surface area contributed by atoms with E-state index in [1.165, 1.54) is 36.8 Å². The van der Waals surface area contributed by atoms with Gasteiger partial charge in [-0.2, -0.15) is 13.2 Å². The second-order valence-electron chi connectivity index (χ2n) is 10.5. The van der Waals surface area contributed by atoms with Crippen molar-refractivity contribution < 1.29 is 32.9 Å². The molecule has 0 aliphatic carbocycles. The van der Waals surface area contributed by atoms with E-state index in [1.54, 1.807) is 36.4 Å². The lowest BCUT2D eigenvalue weighted by Gasteiger charge is -2.33. The average molecular weight is 540 g/mol. The number of phenolic OH excluding ortho intramolecular Hbond substituents is 2. The third-order valence-corrected chi connectivity index (χ3v) is 7.41. The summed E-state index contributed by atoms with van der Waals surface area (Å²) in [6.45, 7) is 7.05. The molecule has 39 heavy (non-hydrogen) atoms. The second-order valence-corrected chi connectivity index (χ2v) is 10.5. The number of hydrogen-bond acceptors (Lipinski definition) is 5. The van der Waals surface area contributed by atoms with Gasteiger partial charge in [-0.1, -0.05) is 31.2 Å².